The molecular formula is C13H17N3O2. The smallest absolute Gasteiger partial charge is 0.201 e. The Labute approximate surface area is 106 Å². The number of fused-ring (bicyclic) bond motifs is 1. The van der Waals surface area contributed by atoms with Crippen LogP contribution in [0.5, 0.6) is 5.75 Å². The Kier molecular flexibility index (Phi) is 2.63. The fourth-order valence-corrected chi connectivity index (χ4v) is 2.60. The van der Waals surface area contributed by atoms with Crippen molar-refractivity contribution in [2.24, 2.45) is 0 Å². The molecule has 1 aliphatic rings. The molecule has 0 saturated heterocycles. The maximum absolute atomic E-state index is 6.03. The van der Waals surface area contributed by atoms with Crippen molar-refractivity contribution in [2.75, 3.05) is 20.0 Å². The van der Waals surface area contributed by atoms with E-state index in [1.165, 1.54) is 0 Å². The lowest BCUT2D eigenvalue weighted by Crippen LogP contribution is -2.32. The van der Waals surface area contributed by atoms with E-state index in [4.69, 9.17) is 15.2 Å². The maximum atomic E-state index is 6.03. The number of aromatic nitrogens is 2. The molecule has 1 aromatic carbocycles. The van der Waals surface area contributed by atoms with Gasteiger partial charge in [0.15, 0.2) is 0 Å². The number of anilines is 1. The van der Waals surface area contributed by atoms with Gasteiger partial charge in [0.25, 0.3) is 0 Å². The molecule has 0 aliphatic heterocycles. The van der Waals surface area contributed by atoms with E-state index in [1.54, 1.807) is 14.2 Å². The number of methoxy groups -OCH3 is 2. The second kappa shape index (κ2) is 4.17. The van der Waals surface area contributed by atoms with Crippen LogP contribution in [0.15, 0.2) is 18.2 Å². The third kappa shape index (κ3) is 1.54. The van der Waals surface area contributed by atoms with Crippen LogP contribution in [-0.2, 0) is 4.74 Å². The number of ether oxygens (including phenoxy) is 2. The van der Waals surface area contributed by atoms with E-state index in [-0.39, 0.29) is 0 Å². The summed E-state index contributed by atoms with van der Waals surface area (Å²) >= 11 is 0. The highest BCUT2D eigenvalue weighted by atomic mass is 16.5. The summed E-state index contributed by atoms with van der Waals surface area (Å²) in [4.78, 5) is 4.41. The minimum absolute atomic E-state index is 0.345. The molecule has 18 heavy (non-hydrogen) atoms. The Morgan fingerprint density at radius 1 is 1.33 bits per heavy atom. The minimum Gasteiger partial charge on any atom is -0.494 e. The Hall–Kier alpha value is -1.75. The standard InChI is InChI=1S/C13H17N3O2/c1-17-9-6-8(7-9)16-10-4-3-5-11(18-2)12(10)15-13(16)14/h3-5,8-9H,6-7H2,1-2H3,(H2,14,15). The van der Waals surface area contributed by atoms with Gasteiger partial charge in [-0.2, -0.15) is 0 Å². The van der Waals surface area contributed by atoms with Crippen molar-refractivity contribution in [1.29, 1.82) is 0 Å². The molecule has 3 rings (SSSR count). The summed E-state index contributed by atoms with van der Waals surface area (Å²) in [5.41, 5.74) is 7.90. The van der Waals surface area contributed by atoms with Gasteiger partial charge in [0.2, 0.25) is 5.95 Å². The number of rotatable bonds is 3. The SMILES string of the molecule is COc1cccc2c1nc(N)n2C1CC(OC)C1. The predicted octanol–water partition coefficient (Wildman–Crippen LogP) is 1.98. The lowest BCUT2D eigenvalue weighted by molar-refractivity contribution is 0.00798. The highest BCUT2D eigenvalue weighted by Crippen LogP contribution is 2.39. The van der Waals surface area contributed by atoms with Crippen molar-refractivity contribution in [3.8, 4) is 5.75 Å². The molecule has 1 aromatic heterocycles. The first-order chi connectivity index (χ1) is 8.74. The van der Waals surface area contributed by atoms with E-state index in [1.807, 2.05) is 18.2 Å². The van der Waals surface area contributed by atoms with Crippen LogP contribution in [0.4, 0.5) is 5.95 Å². The molecule has 1 saturated carbocycles. The van der Waals surface area contributed by atoms with Gasteiger partial charge in [-0.25, -0.2) is 4.98 Å². The van der Waals surface area contributed by atoms with Crippen molar-refractivity contribution in [3.63, 3.8) is 0 Å². The van der Waals surface area contributed by atoms with Crippen LogP contribution in [0.1, 0.15) is 18.9 Å². The number of nitrogen functional groups attached to an aromatic ring is 1. The quantitative estimate of drug-likeness (QED) is 0.900. The average molecular weight is 247 g/mol. The molecule has 0 unspecified atom stereocenters. The van der Waals surface area contributed by atoms with Gasteiger partial charge in [0.05, 0.1) is 18.7 Å². The average Bonchev–Trinajstić information content (AvgIpc) is 2.65. The van der Waals surface area contributed by atoms with Crippen LogP contribution in [0.2, 0.25) is 0 Å². The molecule has 2 aromatic rings. The summed E-state index contributed by atoms with van der Waals surface area (Å²) in [6.07, 6.45) is 2.32. The first-order valence-electron chi connectivity index (χ1n) is 6.07. The Bertz CT molecular complexity index is 573. The van der Waals surface area contributed by atoms with Crippen molar-refractivity contribution in [3.05, 3.63) is 18.2 Å². The zero-order valence-electron chi connectivity index (χ0n) is 10.6. The Balaban J connectivity index is 2.04. The summed E-state index contributed by atoms with van der Waals surface area (Å²) < 4.78 is 12.7. The Morgan fingerprint density at radius 3 is 2.78 bits per heavy atom. The van der Waals surface area contributed by atoms with E-state index in [2.05, 4.69) is 9.55 Å². The van der Waals surface area contributed by atoms with E-state index in [9.17, 15) is 0 Å². The molecular weight excluding hydrogens is 230 g/mol. The van der Waals surface area contributed by atoms with Crippen molar-refractivity contribution in [1.82, 2.24) is 9.55 Å². The number of para-hydroxylation sites is 1. The van der Waals surface area contributed by atoms with Crippen LogP contribution in [0, 0.1) is 0 Å². The van der Waals surface area contributed by atoms with E-state index in [0.29, 0.717) is 18.1 Å². The summed E-state index contributed by atoms with van der Waals surface area (Å²) in [5.74, 6) is 1.31. The number of benzene rings is 1. The van der Waals surface area contributed by atoms with E-state index < -0.39 is 0 Å². The zero-order chi connectivity index (χ0) is 12.7. The number of hydrogen-bond acceptors (Lipinski definition) is 4. The van der Waals surface area contributed by atoms with Gasteiger partial charge in [-0.1, -0.05) is 6.07 Å². The fraction of sp³-hybridized carbons (Fsp3) is 0.462. The molecule has 0 bridgehead atoms. The molecule has 0 atom stereocenters. The second-order valence-electron chi connectivity index (χ2n) is 4.65. The summed E-state index contributed by atoms with van der Waals surface area (Å²) in [6, 6.07) is 6.27. The third-order valence-electron chi connectivity index (χ3n) is 3.70. The van der Waals surface area contributed by atoms with Gasteiger partial charge in [0.1, 0.15) is 11.3 Å². The summed E-state index contributed by atoms with van der Waals surface area (Å²) in [7, 11) is 3.40. The normalized spacial score (nSPS) is 23.0. The van der Waals surface area contributed by atoms with Gasteiger partial charge < -0.3 is 19.8 Å². The first kappa shape index (κ1) is 11.3. The molecule has 1 heterocycles. The third-order valence-corrected chi connectivity index (χ3v) is 3.70. The molecule has 1 aliphatic carbocycles. The molecule has 0 amide bonds. The zero-order valence-corrected chi connectivity index (χ0v) is 10.6. The number of imidazole rings is 1. The fourth-order valence-electron chi connectivity index (χ4n) is 2.60. The molecule has 2 N–H and O–H groups in total. The van der Waals surface area contributed by atoms with Crippen LogP contribution in [0.25, 0.3) is 11.0 Å². The Morgan fingerprint density at radius 2 is 2.11 bits per heavy atom. The lowest BCUT2D eigenvalue weighted by atomic mass is 9.89. The van der Waals surface area contributed by atoms with Gasteiger partial charge in [-0.15, -0.1) is 0 Å². The van der Waals surface area contributed by atoms with Gasteiger partial charge >= 0.3 is 0 Å². The van der Waals surface area contributed by atoms with Gasteiger partial charge in [-0.3, -0.25) is 0 Å². The number of hydrogen-bond donors (Lipinski definition) is 1. The molecule has 0 radical (unpaired) electrons. The minimum atomic E-state index is 0.345. The van der Waals surface area contributed by atoms with E-state index in [0.717, 1.165) is 29.6 Å². The van der Waals surface area contributed by atoms with E-state index >= 15 is 0 Å². The van der Waals surface area contributed by atoms with Crippen LogP contribution in [0.3, 0.4) is 0 Å². The largest absolute Gasteiger partial charge is 0.494 e. The van der Waals surface area contributed by atoms with Gasteiger partial charge in [0, 0.05) is 13.2 Å². The van der Waals surface area contributed by atoms with Crippen LogP contribution in [-0.4, -0.2) is 29.9 Å². The molecule has 1 fully saturated rings. The molecule has 96 valence electrons. The number of nitrogens with zero attached hydrogens (tertiary/aromatic N) is 2. The second-order valence-corrected chi connectivity index (χ2v) is 4.65. The summed E-state index contributed by atoms with van der Waals surface area (Å²) in [5, 5.41) is 0. The highest BCUT2D eigenvalue weighted by Gasteiger charge is 2.32. The predicted molar refractivity (Wildman–Crippen MR) is 69.8 cm³/mol. The molecule has 5 nitrogen and oxygen atoms in total. The topological polar surface area (TPSA) is 62.3 Å². The van der Waals surface area contributed by atoms with Crippen molar-refractivity contribution < 1.29 is 9.47 Å². The molecule has 0 spiro atoms. The monoisotopic (exact) mass is 247 g/mol. The summed E-state index contributed by atoms with van der Waals surface area (Å²) in [6.45, 7) is 0. The highest BCUT2D eigenvalue weighted by molar-refractivity contribution is 5.84. The molecule has 5 heteroatoms. The number of nitrogens with two attached hydrogens (primary N) is 1. The van der Waals surface area contributed by atoms with Crippen molar-refractivity contribution >= 4 is 17.0 Å². The van der Waals surface area contributed by atoms with Gasteiger partial charge in [-0.05, 0) is 25.0 Å². The maximum Gasteiger partial charge on any atom is 0.201 e. The first-order valence-corrected chi connectivity index (χ1v) is 6.07. The lowest BCUT2D eigenvalue weighted by Gasteiger charge is -2.35. The van der Waals surface area contributed by atoms with Crippen LogP contribution < -0.4 is 10.5 Å². The van der Waals surface area contributed by atoms with Crippen LogP contribution >= 0.6 is 0 Å². The van der Waals surface area contributed by atoms with Crippen molar-refractivity contribution in [2.45, 2.75) is 25.0 Å².